The Balaban J connectivity index is 1.89. The van der Waals surface area contributed by atoms with E-state index < -0.39 is 6.10 Å². The first kappa shape index (κ1) is 12.9. The van der Waals surface area contributed by atoms with E-state index in [4.69, 9.17) is 4.42 Å². The minimum Gasteiger partial charge on any atom is -0.467 e. The average Bonchev–Trinajstić information content (AvgIpc) is 2.93. The summed E-state index contributed by atoms with van der Waals surface area (Å²) in [7, 11) is 1.93. The van der Waals surface area contributed by atoms with Crippen molar-refractivity contribution in [3.05, 3.63) is 41.1 Å². The van der Waals surface area contributed by atoms with Crippen molar-refractivity contribution < 1.29 is 9.52 Å². The molecule has 0 radical (unpaired) electrons. The standard InChI is InChI=1S/C13H19N3O2/c1-9-11(10(2)16(3)15-9)7-14-8-12(17)13-5-4-6-18-13/h4-6,12,14,17H,7-8H2,1-3H3. The van der Waals surface area contributed by atoms with Crippen LogP contribution in [0.5, 0.6) is 0 Å². The maximum absolute atomic E-state index is 9.85. The Morgan fingerprint density at radius 1 is 1.50 bits per heavy atom. The number of aromatic nitrogens is 2. The molecule has 0 amide bonds. The van der Waals surface area contributed by atoms with Gasteiger partial charge < -0.3 is 14.8 Å². The molecule has 0 bridgehead atoms. The maximum Gasteiger partial charge on any atom is 0.133 e. The van der Waals surface area contributed by atoms with E-state index in [1.54, 1.807) is 18.4 Å². The molecule has 5 heteroatoms. The first-order valence-electron chi connectivity index (χ1n) is 6.01. The lowest BCUT2D eigenvalue weighted by Crippen LogP contribution is -2.21. The van der Waals surface area contributed by atoms with Gasteiger partial charge in [0.25, 0.3) is 0 Å². The number of furan rings is 1. The van der Waals surface area contributed by atoms with Crippen LogP contribution in [0, 0.1) is 13.8 Å². The van der Waals surface area contributed by atoms with Crippen LogP contribution in [0.15, 0.2) is 22.8 Å². The minimum atomic E-state index is -0.614. The SMILES string of the molecule is Cc1nn(C)c(C)c1CNCC(O)c1ccco1. The Bertz CT molecular complexity index is 503. The molecule has 98 valence electrons. The molecule has 0 saturated carbocycles. The van der Waals surface area contributed by atoms with Gasteiger partial charge in [-0.25, -0.2) is 0 Å². The lowest BCUT2D eigenvalue weighted by Gasteiger charge is -2.09. The monoisotopic (exact) mass is 249 g/mol. The van der Waals surface area contributed by atoms with Crippen LogP contribution < -0.4 is 5.32 Å². The van der Waals surface area contributed by atoms with Crippen molar-refractivity contribution in [2.75, 3.05) is 6.54 Å². The van der Waals surface area contributed by atoms with Crippen molar-refractivity contribution in [3.8, 4) is 0 Å². The van der Waals surface area contributed by atoms with Crippen molar-refractivity contribution in [1.29, 1.82) is 0 Å². The number of nitrogens with zero attached hydrogens (tertiary/aromatic N) is 2. The van der Waals surface area contributed by atoms with Crippen LogP contribution in [0.4, 0.5) is 0 Å². The predicted octanol–water partition coefficient (Wildman–Crippen LogP) is 1.45. The zero-order valence-electron chi connectivity index (χ0n) is 11.0. The van der Waals surface area contributed by atoms with Gasteiger partial charge >= 0.3 is 0 Å². The summed E-state index contributed by atoms with van der Waals surface area (Å²) in [6, 6.07) is 3.54. The molecule has 0 spiro atoms. The van der Waals surface area contributed by atoms with E-state index in [0.29, 0.717) is 18.8 Å². The van der Waals surface area contributed by atoms with Gasteiger partial charge in [0, 0.05) is 31.4 Å². The fraction of sp³-hybridized carbons (Fsp3) is 0.462. The highest BCUT2D eigenvalue weighted by Crippen LogP contribution is 2.14. The van der Waals surface area contributed by atoms with E-state index in [2.05, 4.69) is 10.4 Å². The van der Waals surface area contributed by atoms with E-state index in [-0.39, 0.29) is 0 Å². The predicted molar refractivity (Wildman–Crippen MR) is 68.1 cm³/mol. The van der Waals surface area contributed by atoms with Gasteiger partial charge in [0.2, 0.25) is 0 Å². The van der Waals surface area contributed by atoms with Crippen molar-refractivity contribution in [2.24, 2.45) is 7.05 Å². The van der Waals surface area contributed by atoms with Crippen molar-refractivity contribution in [2.45, 2.75) is 26.5 Å². The van der Waals surface area contributed by atoms with Crippen LogP contribution in [0.3, 0.4) is 0 Å². The molecule has 18 heavy (non-hydrogen) atoms. The molecule has 0 saturated heterocycles. The third kappa shape index (κ3) is 2.63. The zero-order valence-corrected chi connectivity index (χ0v) is 11.0. The molecule has 0 fully saturated rings. The molecule has 2 N–H and O–H groups in total. The third-order valence-electron chi connectivity index (χ3n) is 3.17. The lowest BCUT2D eigenvalue weighted by molar-refractivity contribution is 0.147. The molecule has 0 aliphatic heterocycles. The maximum atomic E-state index is 9.85. The van der Waals surface area contributed by atoms with Crippen LogP contribution in [0.1, 0.15) is 28.8 Å². The molecule has 0 aromatic carbocycles. The van der Waals surface area contributed by atoms with Gasteiger partial charge in [0.1, 0.15) is 11.9 Å². The molecule has 2 aromatic heterocycles. The van der Waals surface area contributed by atoms with Gasteiger partial charge in [-0.05, 0) is 26.0 Å². The van der Waals surface area contributed by atoms with Gasteiger partial charge in [0.15, 0.2) is 0 Å². The highest BCUT2D eigenvalue weighted by molar-refractivity contribution is 5.24. The number of aryl methyl sites for hydroxylation is 2. The molecule has 5 nitrogen and oxygen atoms in total. The number of aliphatic hydroxyl groups excluding tert-OH is 1. The van der Waals surface area contributed by atoms with Crippen LogP contribution >= 0.6 is 0 Å². The first-order chi connectivity index (χ1) is 8.59. The summed E-state index contributed by atoms with van der Waals surface area (Å²) in [5.74, 6) is 0.585. The van der Waals surface area contributed by atoms with E-state index in [1.807, 2.05) is 25.6 Å². The second kappa shape index (κ2) is 5.37. The summed E-state index contributed by atoms with van der Waals surface area (Å²) in [5, 5.41) is 17.4. The average molecular weight is 249 g/mol. The second-order valence-corrected chi connectivity index (χ2v) is 4.44. The highest BCUT2D eigenvalue weighted by atomic mass is 16.4. The van der Waals surface area contributed by atoms with Crippen molar-refractivity contribution in [1.82, 2.24) is 15.1 Å². The Hall–Kier alpha value is -1.59. The molecule has 1 unspecified atom stereocenters. The summed E-state index contributed by atoms with van der Waals surface area (Å²) in [4.78, 5) is 0. The number of aliphatic hydroxyl groups is 1. The van der Waals surface area contributed by atoms with Gasteiger partial charge in [-0.2, -0.15) is 5.10 Å². The normalized spacial score (nSPS) is 12.9. The van der Waals surface area contributed by atoms with E-state index >= 15 is 0 Å². The molecule has 2 rings (SSSR count). The third-order valence-corrected chi connectivity index (χ3v) is 3.17. The number of rotatable bonds is 5. The Morgan fingerprint density at radius 2 is 2.28 bits per heavy atom. The van der Waals surface area contributed by atoms with Gasteiger partial charge in [0.05, 0.1) is 12.0 Å². The second-order valence-electron chi connectivity index (χ2n) is 4.44. The van der Waals surface area contributed by atoms with Crippen molar-refractivity contribution >= 4 is 0 Å². The fourth-order valence-electron chi connectivity index (χ4n) is 1.99. The zero-order chi connectivity index (χ0) is 13.1. The Labute approximate surface area is 106 Å². The summed E-state index contributed by atoms with van der Waals surface area (Å²) in [6.45, 7) is 5.19. The summed E-state index contributed by atoms with van der Waals surface area (Å²) >= 11 is 0. The first-order valence-corrected chi connectivity index (χ1v) is 6.01. The number of nitrogens with one attached hydrogen (secondary N) is 1. The van der Waals surface area contributed by atoms with Crippen molar-refractivity contribution in [3.63, 3.8) is 0 Å². The van der Waals surface area contributed by atoms with Gasteiger partial charge in [-0.15, -0.1) is 0 Å². The number of hydrogen-bond donors (Lipinski definition) is 2. The molecule has 0 aliphatic rings. The summed E-state index contributed by atoms with van der Waals surface area (Å²) < 4.78 is 7.01. The fourth-order valence-corrected chi connectivity index (χ4v) is 1.99. The molecular formula is C13H19N3O2. The van der Waals surface area contributed by atoms with Crippen LogP contribution in [0.2, 0.25) is 0 Å². The lowest BCUT2D eigenvalue weighted by atomic mass is 10.2. The topological polar surface area (TPSA) is 63.2 Å². The molecule has 0 aliphatic carbocycles. The smallest absolute Gasteiger partial charge is 0.133 e. The van der Waals surface area contributed by atoms with Gasteiger partial charge in [-0.3, -0.25) is 4.68 Å². The van der Waals surface area contributed by atoms with E-state index in [1.165, 1.54) is 5.56 Å². The van der Waals surface area contributed by atoms with Gasteiger partial charge in [-0.1, -0.05) is 0 Å². The quantitative estimate of drug-likeness (QED) is 0.842. The minimum absolute atomic E-state index is 0.460. The van der Waals surface area contributed by atoms with E-state index in [0.717, 1.165) is 11.4 Å². The molecular weight excluding hydrogens is 230 g/mol. The van der Waals surface area contributed by atoms with Crippen LogP contribution in [0.25, 0.3) is 0 Å². The summed E-state index contributed by atoms with van der Waals surface area (Å²) in [6.07, 6.45) is 0.950. The Kier molecular flexibility index (Phi) is 3.84. The largest absolute Gasteiger partial charge is 0.467 e. The summed E-state index contributed by atoms with van der Waals surface area (Å²) in [5.41, 5.74) is 3.35. The molecule has 2 aromatic rings. The molecule has 1 atom stereocenters. The Morgan fingerprint density at radius 3 is 2.83 bits per heavy atom. The van der Waals surface area contributed by atoms with Crippen LogP contribution in [-0.2, 0) is 13.6 Å². The van der Waals surface area contributed by atoms with E-state index in [9.17, 15) is 5.11 Å². The molecule has 2 heterocycles. The highest BCUT2D eigenvalue weighted by Gasteiger charge is 2.12. The number of hydrogen-bond acceptors (Lipinski definition) is 4. The van der Waals surface area contributed by atoms with Crippen LogP contribution in [-0.4, -0.2) is 21.4 Å².